The second-order valence-electron chi connectivity index (χ2n) is 13.6. The fraction of sp³-hybridized carbons (Fsp3) is 0.636. The summed E-state index contributed by atoms with van der Waals surface area (Å²) in [7, 11) is 1.36. The largest absolute Gasteiger partial charge is 0.459 e. The summed E-state index contributed by atoms with van der Waals surface area (Å²) in [6.45, 7) is 10.0. The number of ether oxygens (including phenoxy) is 3. The third kappa shape index (κ3) is 7.31. The average molecular weight is 645 g/mol. The first kappa shape index (κ1) is 33.2. The van der Waals surface area contributed by atoms with E-state index in [0.717, 1.165) is 25.7 Å². The van der Waals surface area contributed by atoms with Gasteiger partial charge in [-0.15, -0.1) is 6.58 Å². The molecule has 1 aliphatic carbocycles. The predicted octanol–water partition coefficient (Wildman–Crippen LogP) is 4.66. The Morgan fingerprint density at radius 1 is 1.16 bits per heavy atom. The van der Waals surface area contributed by atoms with E-state index >= 15 is 0 Å². The molecule has 5 rings (SSSR count). The van der Waals surface area contributed by atoms with Crippen molar-refractivity contribution >= 4 is 34.5 Å². The van der Waals surface area contributed by atoms with E-state index < -0.39 is 41.9 Å². The molecular formula is C33H45ClN4O7. The molecule has 1 aromatic heterocycles. The summed E-state index contributed by atoms with van der Waals surface area (Å²) in [5.41, 5.74) is -0.495. The first-order chi connectivity index (χ1) is 21.4. The summed E-state index contributed by atoms with van der Waals surface area (Å²) < 4.78 is 19.2. The van der Waals surface area contributed by atoms with Crippen LogP contribution in [0.5, 0.6) is 6.01 Å². The van der Waals surface area contributed by atoms with Gasteiger partial charge in [-0.2, -0.15) is 4.98 Å². The number of aromatic nitrogens is 2. The molecule has 246 valence electrons. The molecule has 2 aliphatic heterocycles. The number of nitrogens with one attached hydrogen (secondary N) is 1. The van der Waals surface area contributed by atoms with E-state index in [1.165, 1.54) is 12.0 Å². The molecule has 3 aliphatic rings. The van der Waals surface area contributed by atoms with Crippen molar-refractivity contribution in [3.63, 3.8) is 0 Å². The second-order valence-corrected chi connectivity index (χ2v) is 14.1. The Kier molecular flexibility index (Phi) is 10.1. The fourth-order valence-corrected chi connectivity index (χ4v) is 7.09. The van der Waals surface area contributed by atoms with Gasteiger partial charge in [-0.25, -0.2) is 4.79 Å². The fourth-order valence-electron chi connectivity index (χ4n) is 6.93. The maximum absolute atomic E-state index is 14.2. The van der Waals surface area contributed by atoms with E-state index in [1.807, 2.05) is 26.8 Å². The number of rotatable bonds is 3. The van der Waals surface area contributed by atoms with E-state index in [4.69, 9.17) is 30.8 Å². The lowest BCUT2D eigenvalue weighted by Gasteiger charge is -2.36. The van der Waals surface area contributed by atoms with Gasteiger partial charge in [0.05, 0.1) is 23.5 Å². The highest BCUT2D eigenvalue weighted by molar-refractivity contribution is 6.31. The van der Waals surface area contributed by atoms with Crippen LogP contribution < -0.4 is 15.6 Å². The van der Waals surface area contributed by atoms with Crippen molar-refractivity contribution in [2.45, 2.75) is 103 Å². The van der Waals surface area contributed by atoms with Gasteiger partial charge in [0.1, 0.15) is 18.2 Å². The number of hydrogen-bond acceptors (Lipinski definition) is 8. The number of aliphatic hydroxyl groups excluding tert-OH is 1. The Labute approximate surface area is 268 Å². The summed E-state index contributed by atoms with van der Waals surface area (Å²) in [5.74, 6) is 0.0151. The minimum Gasteiger partial charge on any atom is -0.459 e. The van der Waals surface area contributed by atoms with Gasteiger partial charge in [0.2, 0.25) is 5.91 Å². The molecule has 2 N–H and O–H groups in total. The Bertz CT molecular complexity index is 1470. The van der Waals surface area contributed by atoms with Crippen LogP contribution in [0.25, 0.3) is 10.9 Å². The van der Waals surface area contributed by atoms with Crippen LogP contribution in [0.1, 0.15) is 65.7 Å². The molecule has 1 saturated heterocycles. The number of aliphatic hydroxyl groups is 1. The van der Waals surface area contributed by atoms with Crippen molar-refractivity contribution in [1.82, 2.24) is 19.8 Å². The highest BCUT2D eigenvalue weighted by atomic mass is 35.5. The van der Waals surface area contributed by atoms with E-state index in [9.17, 15) is 19.5 Å². The lowest BCUT2D eigenvalue weighted by atomic mass is 9.85. The Morgan fingerprint density at radius 2 is 1.93 bits per heavy atom. The molecule has 0 spiro atoms. The Balaban J connectivity index is 1.53. The van der Waals surface area contributed by atoms with Gasteiger partial charge >= 0.3 is 6.09 Å². The maximum atomic E-state index is 14.2. The molecule has 2 fully saturated rings. The molecular weight excluding hydrogens is 600 g/mol. The minimum atomic E-state index is -1.30. The molecule has 0 radical (unpaired) electrons. The first-order valence-electron chi connectivity index (χ1n) is 15.9. The number of fused-ring (bicyclic) bond motifs is 5. The topological polar surface area (TPSA) is 132 Å². The third-order valence-corrected chi connectivity index (χ3v) is 9.64. The van der Waals surface area contributed by atoms with Crippen molar-refractivity contribution in [3.05, 3.63) is 46.2 Å². The molecule has 1 aromatic carbocycles. The summed E-state index contributed by atoms with van der Waals surface area (Å²) in [4.78, 5) is 47.4. The number of halogens is 1. The number of benzene rings is 1. The quantitative estimate of drug-likeness (QED) is 0.364. The molecule has 1 unspecified atom stereocenters. The van der Waals surface area contributed by atoms with Crippen molar-refractivity contribution in [3.8, 4) is 6.01 Å². The SMILES string of the molecule is C=C[C@@H]1C[C@H]2CCCCCn3c(nc4cc(Cl)ccc4c3=O)O[C@@H]3C[C@@H](C(O)OC)N(C3)C(=O)[C@H](C(C)(C)C)NC(=O)O[C@@H]2C1. The molecule has 1 saturated carbocycles. The maximum Gasteiger partial charge on any atom is 0.408 e. The molecule has 45 heavy (non-hydrogen) atoms. The van der Waals surface area contributed by atoms with Crippen molar-refractivity contribution < 1.29 is 28.9 Å². The number of methoxy groups -OCH3 is 1. The second kappa shape index (κ2) is 13.7. The van der Waals surface area contributed by atoms with Crippen LogP contribution in [0.4, 0.5) is 4.79 Å². The van der Waals surface area contributed by atoms with Gasteiger partial charge in [0.15, 0.2) is 6.29 Å². The summed E-state index contributed by atoms with van der Waals surface area (Å²) in [6.07, 6.45) is 4.21. The van der Waals surface area contributed by atoms with Crippen LogP contribution in [-0.2, 0) is 20.8 Å². The lowest BCUT2D eigenvalue weighted by molar-refractivity contribution is -0.152. The van der Waals surface area contributed by atoms with Gasteiger partial charge < -0.3 is 29.5 Å². The zero-order chi connectivity index (χ0) is 32.5. The Hall–Kier alpha value is -3.15. The molecule has 11 nitrogen and oxygen atoms in total. The molecule has 3 heterocycles. The highest BCUT2D eigenvalue weighted by Crippen LogP contribution is 2.38. The van der Waals surface area contributed by atoms with Crippen LogP contribution in [0.3, 0.4) is 0 Å². The first-order valence-corrected chi connectivity index (χ1v) is 16.2. The Morgan fingerprint density at radius 3 is 2.64 bits per heavy atom. The predicted molar refractivity (Wildman–Crippen MR) is 170 cm³/mol. The minimum absolute atomic E-state index is 0.0857. The van der Waals surface area contributed by atoms with Crippen molar-refractivity contribution in [2.75, 3.05) is 13.7 Å². The van der Waals surface area contributed by atoms with E-state index in [0.29, 0.717) is 35.3 Å². The zero-order valence-corrected chi connectivity index (χ0v) is 27.3. The van der Waals surface area contributed by atoms with Gasteiger partial charge in [0.25, 0.3) is 11.6 Å². The smallest absolute Gasteiger partial charge is 0.408 e. The molecule has 12 heteroatoms. The molecule has 2 bridgehead atoms. The van der Waals surface area contributed by atoms with Crippen molar-refractivity contribution in [2.24, 2.45) is 17.3 Å². The molecule has 2 amide bonds. The van der Waals surface area contributed by atoms with Crippen LogP contribution in [-0.4, -0.2) is 75.8 Å². The van der Waals surface area contributed by atoms with Gasteiger partial charge in [-0.1, -0.05) is 51.3 Å². The highest BCUT2D eigenvalue weighted by Gasteiger charge is 2.46. The molecule has 2 aromatic rings. The standard InChI is InChI=1S/C33H45ClN4O7/c1-6-19-14-20-10-8-7-9-13-37-28(39)23-12-11-21(34)16-24(23)35-31(37)44-22-17-25(30(41)43-5)38(18-22)29(40)27(33(2,3)4)36-32(42)45-26(20)15-19/h6,11-12,16,19-20,22,25-27,30,41H,1,7-10,13-15,17-18H2,2-5H3,(H,36,42)/t19-,20-,22-,25+,26-,27-,30?/m1/s1. The normalized spacial score (nSPS) is 29.1. The third-order valence-electron chi connectivity index (χ3n) is 9.40. The van der Waals surface area contributed by atoms with Crippen molar-refractivity contribution in [1.29, 1.82) is 0 Å². The van der Waals surface area contributed by atoms with Crippen LogP contribution in [0.15, 0.2) is 35.6 Å². The summed E-state index contributed by atoms with van der Waals surface area (Å²) >= 11 is 6.23. The number of carbonyl (C=O) groups is 2. The number of nitrogens with zero attached hydrogens (tertiary/aromatic N) is 3. The van der Waals surface area contributed by atoms with Crippen LogP contribution in [0.2, 0.25) is 5.02 Å². The zero-order valence-electron chi connectivity index (χ0n) is 26.5. The van der Waals surface area contributed by atoms with E-state index in [2.05, 4.69) is 11.9 Å². The van der Waals surface area contributed by atoms with Gasteiger partial charge in [-0.3, -0.25) is 14.2 Å². The van der Waals surface area contributed by atoms with Crippen LogP contribution in [0, 0.1) is 17.3 Å². The van der Waals surface area contributed by atoms with E-state index in [1.54, 1.807) is 22.8 Å². The molecule has 7 atom stereocenters. The average Bonchev–Trinajstić information content (AvgIpc) is 3.59. The van der Waals surface area contributed by atoms with Crippen LogP contribution >= 0.6 is 11.6 Å². The van der Waals surface area contributed by atoms with Gasteiger partial charge in [0, 0.05) is 25.1 Å². The monoisotopic (exact) mass is 644 g/mol. The van der Waals surface area contributed by atoms with E-state index in [-0.39, 0.29) is 42.5 Å². The summed E-state index contributed by atoms with van der Waals surface area (Å²) in [5, 5.41) is 14.6. The number of carbonyl (C=O) groups excluding carboxylic acids is 2. The number of allylic oxidation sites excluding steroid dienone is 1. The number of alkyl carbamates (subject to hydrolysis) is 1. The van der Waals surface area contributed by atoms with Gasteiger partial charge in [-0.05, 0) is 61.1 Å². The lowest BCUT2D eigenvalue weighted by Crippen LogP contribution is -2.57. The number of amides is 2. The summed E-state index contributed by atoms with van der Waals surface area (Å²) in [6, 6.07) is 3.38. The number of hydrogen-bond donors (Lipinski definition) is 2.